The predicted octanol–water partition coefficient (Wildman–Crippen LogP) is 3.54. The first kappa shape index (κ1) is 18.8. The van der Waals surface area contributed by atoms with Crippen LogP contribution in [0.25, 0.3) is 5.69 Å². The molecule has 3 aromatic rings. The van der Waals surface area contributed by atoms with Crippen molar-refractivity contribution in [2.75, 3.05) is 5.32 Å². The number of nitrogens with one attached hydrogen (secondary N) is 1. The van der Waals surface area contributed by atoms with Crippen molar-refractivity contribution < 1.29 is 9.53 Å². The van der Waals surface area contributed by atoms with E-state index in [0.717, 1.165) is 5.69 Å². The molecule has 0 saturated carbocycles. The summed E-state index contributed by atoms with van der Waals surface area (Å²) in [5.41, 5.74) is 1.29. The van der Waals surface area contributed by atoms with Gasteiger partial charge in [-0.15, -0.1) is 0 Å². The van der Waals surface area contributed by atoms with Crippen molar-refractivity contribution in [2.24, 2.45) is 7.05 Å². The molecule has 140 valence electrons. The Bertz CT molecular complexity index is 1020. The maximum atomic E-state index is 12.8. The standard InChI is InChI=1S/C20H20ClN3O3/c1-13-18(20(26)24(23(13)3)16-9-5-4-6-10-16)22-19(25)14(2)27-17-11-7-8-15(21)12-17/h4-12,14H,1-3H3,(H,22,25)/t14-/m0/s1. The van der Waals surface area contributed by atoms with Crippen molar-refractivity contribution in [1.29, 1.82) is 0 Å². The number of carbonyl (C=O) groups is 1. The molecule has 7 heteroatoms. The molecule has 1 N–H and O–H groups in total. The van der Waals surface area contributed by atoms with Gasteiger partial charge in [0.25, 0.3) is 11.5 Å². The first-order valence-corrected chi connectivity index (χ1v) is 8.83. The Morgan fingerprint density at radius 2 is 1.85 bits per heavy atom. The summed E-state index contributed by atoms with van der Waals surface area (Å²) in [4.78, 5) is 25.4. The molecule has 0 bridgehead atoms. The third-order valence-corrected chi connectivity index (χ3v) is 4.52. The Morgan fingerprint density at radius 1 is 1.15 bits per heavy atom. The lowest BCUT2D eigenvalue weighted by atomic mass is 10.3. The number of hydrogen-bond donors (Lipinski definition) is 1. The normalized spacial score (nSPS) is 11.9. The van der Waals surface area contributed by atoms with E-state index in [2.05, 4.69) is 5.32 Å². The summed E-state index contributed by atoms with van der Waals surface area (Å²) in [5.74, 6) is 0.0672. The zero-order valence-electron chi connectivity index (χ0n) is 15.3. The van der Waals surface area contributed by atoms with E-state index in [4.69, 9.17) is 16.3 Å². The van der Waals surface area contributed by atoms with Crippen LogP contribution in [0.1, 0.15) is 12.6 Å². The monoisotopic (exact) mass is 385 g/mol. The van der Waals surface area contributed by atoms with E-state index in [-0.39, 0.29) is 11.2 Å². The molecule has 0 saturated heterocycles. The van der Waals surface area contributed by atoms with Crippen LogP contribution in [0.4, 0.5) is 5.69 Å². The Labute approximate surface area is 161 Å². The van der Waals surface area contributed by atoms with E-state index in [0.29, 0.717) is 16.5 Å². The molecule has 0 fully saturated rings. The number of halogens is 1. The summed E-state index contributed by atoms with van der Waals surface area (Å²) in [6.07, 6.45) is -0.798. The lowest BCUT2D eigenvalue weighted by Gasteiger charge is -2.14. The smallest absolute Gasteiger partial charge is 0.295 e. The fourth-order valence-corrected chi connectivity index (χ4v) is 2.92. The van der Waals surface area contributed by atoms with Crippen LogP contribution in [0, 0.1) is 6.92 Å². The summed E-state index contributed by atoms with van der Waals surface area (Å²) in [6.45, 7) is 3.39. The number of amides is 1. The van der Waals surface area contributed by atoms with Crippen LogP contribution < -0.4 is 15.6 Å². The number of para-hydroxylation sites is 1. The molecular formula is C20H20ClN3O3. The molecule has 0 aliphatic carbocycles. The van der Waals surface area contributed by atoms with Gasteiger partial charge in [0, 0.05) is 12.1 Å². The minimum Gasteiger partial charge on any atom is -0.481 e. The molecule has 2 aromatic carbocycles. The fraction of sp³-hybridized carbons (Fsp3) is 0.200. The number of carbonyl (C=O) groups excluding carboxylic acids is 1. The van der Waals surface area contributed by atoms with Gasteiger partial charge in [-0.25, -0.2) is 4.68 Å². The van der Waals surface area contributed by atoms with Crippen molar-refractivity contribution in [2.45, 2.75) is 20.0 Å². The highest BCUT2D eigenvalue weighted by molar-refractivity contribution is 6.30. The van der Waals surface area contributed by atoms with Crippen LogP contribution in [0.5, 0.6) is 5.75 Å². The van der Waals surface area contributed by atoms with E-state index in [1.54, 1.807) is 49.8 Å². The Kier molecular flexibility index (Phi) is 5.37. The maximum Gasteiger partial charge on any atom is 0.295 e. The maximum absolute atomic E-state index is 12.8. The van der Waals surface area contributed by atoms with Gasteiger partial charge in [-0.3, -0.25) is 14.3 Å². The van der Waals surface area contributed by atoms with Gasteiger partial charge in [0.1, 0.15) is 11.4 Å². The molecule has 27 heavy (non-hydrogen) atoms. The molecule has 0 radical (unpaired) electrons. The summed E-state index contributed by atoms with van der Waals surface area (Å²) in [5, 5.41) is 3.21. The minimum absolute atomic E-state index is 0.230. The highest BCUT2D eigenvalue weighted by Gasteiger charge is 2.21. The third kappa shape index (κ3) is 3.90. The van der Waals surface area contributed by atoms with Gasteiger partial charge in [-0.1, -0.05) is 35.9 Å². The number of rotatable bonds is 5. The fourth-order valence-electron chi connectivity index (χ4n) is 2.74. The first-order chi connectivity index (χ1) is 12.9. The van der Waals surface area contributed by atoms with Crippen LogP contribution >= 0.6 is 11.6 Å². The molecule has 6 nitrogen and oxygen atoms in total. The number of hydrogen-bond acceptors (Lipinski definition) is 3. The summed E-state index contributed by atoms with van der Waals surface area (Å²) in [6, 6.07) is 16.0. The first-order valence-electron chi connectivity index (χ1n) is 8.45. The average molecular weight is 386 g/mol. The zero-order valence-corrected chi connectivity index (χ0v) is 16.0. The number of benzene rings is 2. The zero-order chi connectivity index (χ0) is 19.6. The molecular weight excluding hydrogens is 366 g/mol. The Morgan fingerprint density at radius 3 is 2.52 bits per heavy atom. The molecule has 1 aromatic heterocycles. The topological polar surface area (TPSA) is 65.3 Å². The lowest BCUT2D eigenvalue weighted by Crippen LogP contribution is -2.32. The van der Waals surface area contributed by atoms with Crippen LogP contribution in [-0.4, -0.2) is 21.4 Å². The molecule has 0 aliphatic rings. The molecule has 0 aliphatic heterocycles. The number of anilines is 1. The van der Waals surface area contributed by atoms with E-state index in [1.807, 2.05) is 30.3 Å². The van der Waals surface area contributed by atoms with Gasteiger partial charge in [-0.2, -0.15) is 0 Å². The van der Waals surface area contributed by atoms with Gasteiger partial charge >= 0.3 is 0 Å². The highest BCUT2D eigenvalue weighted by atomic mass is 35.5. The largest absolute Gasteiger partial charge is 0.481 e. The quantitative estimate of drug-likeness (QED) is 0.730. The SMILES string of the molecule is Cc1c(NC(=O)[C@H](C)Oc2cccc(Cl)c2)c(=O)n(-c2ccccc2)n1C. The van der Waals surface area contributed by atoms with Crippen molar-refractivity contribution in [3.05, 3.63) is 75.7 Å². The van der Waals surface area contributed by atoms with Gasteiger partial charge in [0.15, 0.2) is 6.10 Å². The van der Waals surface area contributed by atoms with Gasteiger partial charge in [-0.05, 0) is 44.2 Å². The van der Waals surface area contributed by atoms with Gasteiger partial charge < -0.3 is 10.1 Å². The van der Waals surface area contributed by atoms with E-state index >= 15 is 0 Å². The molecule has 3 rings (SSSR count). The summed E-state index contributed by atoms with van der Waals surface area (Å²) < 4.78 is 8.83. The summed E-state index contributed by atoms with van der Waals surface area (Å²) in [7, 11) is 1.77. The third-order valence-electron chi connectivity index (χ3n) is 4.28. The number of nitrogens with zero attached hydrogens (tertiary/aromatic N) is 2. The minimum atomic E-state index is -0.798. The van der Waals surface area contributed by atoms with Crippen LogP contribution in [0.15, 0.2) is 59.4 Å². The van der Waals surface area contributed by atoms with Crippen LogP contribution in [-0.2, 0) is 11.8 Å². The van der Waals surface area contributed by atoms with Crippen LogP contribution in [0.3, 0.4) is 0 Å². The van der Waals surface area contributed by atoms with Gasteiger partial charge in [0.2, 0.25) is 0 Å². The average Bonchev–Trinajstić information content (AvgIpc) is 2.85. The molecule has 1 atom stereocenters. The molecule has 0 unspecified atom stereocenters. The number of ether oxygens (including phenoxy) is 1. The van der Waals surface area contributed by atoms with E-state index in [9.17, 15) is 9.59 Å². The summed E-state index contributed by atoms with van der Waals surface area (Å²) >= 11 is 5.93. The van der Waals surface area contributed by atoms with Crippen molar-refractivity contribution in [3.8, 4) is 11.4 Å². The Balaban J connectivity index is 1.83. The van der Waals surface area contributed by atoms with Crippen LogP contribution in [0.2, 0.25) is 5.02 Å². The Hall–Kier alpha value is -2.99. The van der Waals surface area contributed by atoms with Crippen molar-refractivity contribution in [3.63, 3.8) is 0 Å². The predicted molar refractivity (Wildman–Crippen MR) is 106 cm³/mol. The second kappa shape index (κ2) is 7.72. The van der Waals surface area contributed by atoms with Crippen molar-refractivity contribution in [1.82, 2.24) is 9.36 Å². The highest BCUT2D eigenvalue weighted by Crippen LogP contribution is 2.19. The van der Waals surface area contributed by atoms with E-state index < -0.39 is 12.0 Å². The van der Waals surface area contributed by atoms with Crippen molar-refractivity contribution >= 4 is 23.2 Å². The molecule has 1 heterocycles. The molecule has 0 spiro atoms. The second-order valence-electron chi connectivity index (χ2n) is 6.14. The second-order valence-corrected chi connectivity index (χ2v) is 6.58. The number of aromatic nitrogens is 2. The van der Waals surface area contributed by atoms with Gasteiger partial charge in [0.05, 0.1) is 11.4 Å². The molecule has 1 amide bonds. The van der Waals surface area contributed by atoms with E-state index in [1.165, 1.54) is 4.68 Å². The lowest BCUT2D eigenvalue weighted by molar-refractivity contribution is -0.122.